The molecule has 3 heteroatoms. The van der Waals surface area contributed by atoms with Gasteiger partial charge in [0.2, 0.25) is 0 Å². The summed E-state index contributed by atoms with van der Waals surface area (Å²) in [5.74, 6) is 0. The first-order valence-electron chi connectivity index (χ1n) is 12.5. The van der Waals surface area contributed by atoms with E-state index in [0.717, 1.165) is 47.9 Å². The Kier molecular flexibility index (Phi) is 20.4. The molecular weight excluding hydrogens is 397 g/mol. The third kappa shape index (κ3) is 9.79. The molecule has 0 amide bonds. The molecule has 0 bridgehead atoms. The molecule has 0 aromatic heterocycles. The molecule has 1 aliphatic rings. The lowest BCUT2D eigenvalue weighted by atomic mass is 9.68. The number of nitroso groups, excluding NO2 is 1. The van der Waals surface area contributed by atoms with Crippen molar-refractivity contribution in [2.24, 2.45) is 5.18 Å². The van der Waals surface area contributed by atoms with Crippen molar-refractivity contribution in [3.63, 3.8) is 0 Å². The van der Waals surface area contributed by atoms with Crippen LogP contribution in [0.1, 0.15) is 117 Å². The fourth-order valence-corrected chi connectivity index (χ4v) is 3.61. The van der Waals surface area contributed by atoms with Crippen LogP contribution >= 0.6 is 0 Å². The molecule has 0 aliphatic heterocycles. The highest BCUT2D eigenvalue weighted by Crippen LogP contribution is 2.49. The Balaban J connectivity index is -0.000000726. The van der Waals surface area contributed by atoms with Crippen molar-refractivity contribution in [3.8, 4) is 0 Å². The highest BCUT2D eigenvalue weighted by atomic mass is 19.1. The number of halogens is 1. The van der Waals surface area contributed by atoms with Crippen LogP contribution in [-0.2, 0) is 5.54 Å². The molecule has 0 radical (unpaired) electrons. The monoisotopic (exact) mass is 449 g/mol. The third-order valence-electron chi connectivity index (χ3n) is 4.98. The quantitative estimate of drug-likeness (QED) is 0.332. The van der Waals surface area contributed by atoms with Crippen LogP contribution in [0.15, 0.2) is 41.6 Å². The van der Waals surface area contributed by atoms with Crippen molar-refractivity contribution in [2.75, 3.05) is 0 Å². The summed E-state index contributed by atoms with van der Waals surface area (Å²) in [6.45, 7) is 26.4. The van der Waals surface area contributed by atoms with Gasteiger partial charge in [0.05, 0.1) is 0 Å². The molecule has 1 atom stereocenters. The fourth-order valence-electron chi connectivity index (χ4n) is 3.61. The van der Waals surface area contributed by atoms with Crippen LogP contribution in [-0.4, -0.2) is 5.67 Å². The van der Waals surface area contributed by atoms with E-state index < -0.39 is 11.2 Å². The van der Waals surface area contributed by atoms with E-state index in [0.29, 0.717) is 5.56 Å². The van der Waals surface area contributed by atoms with E-state index in [1.54, 1.807) is 6.08 Å². The van der Waals surface area contributed by atoms with Crippen LogP contribution < -0.4 is 0 Å². The number of rotatable bonds is 4. The van der Waals surface area contributed by atoms with Gasteiger partial charge in [-0.1, -0.05) is 77.4 Å². The number of nitrogens with zero attached hydrogens (tertiary/aromatic N) is 1. The molecule has 1 aromatic rings. The summed E-state index contributed by atoms with van der Waals surface area (Å²) >= 11 is 0. The van der Waals surface area contributed by atoms with E-state index in [2.05, 4.69) is 25.6 Å². The summed E-state index contributed by atoms with van der Waals surface area (Å²) in [6, 6.07) is 3.97. The first-order valence-corrected chi connectivity index (χ1v) is 12.5. The second-order valence-corrected chi connectivity index (χ2v) is 8.12. The van der Waals surface area contributed by atoms with E-state index in [9.17, 15) is 4.91 Å². The summed E-state index contributed by atoms with van der Waals surface area (Å²) in [6.07, 6.45) is 8.75. The van der Waals surface area contributed by atoms with Crippen LogP contribution in [0, 0.1) is 25.7 Å². The maximum atomic E-state index is 15.3. The largest absolute Gasteiger partial charge is 0.241 e. The van der Waals surface area contributed by atoms with Gasteiger partial charge in [-0.25, -0.2) is 4.39 Å². The van der Waals surface area contributed by atoms with Gasteiger partial charge in [0.1, 0.15) is 5.67 Å². The van der Waals surface area contributed by atoms with Crippen molar-refractivity contribution in [2.45, 2.75) is 126 Å². The van der Waals surface area contributed by atoms with Gasteiger partial charge in [-0.05, 0) is 95.1 Å². The SMILES string of the molecule is C=CC.CC.CC.CCC.Cc1cc(C)c(C(N=O)(C2=CCCCC2)C(C)(C)F)cc1C. The molecule has 186 valence electrons. The van der Waals surface area contributed by atoms with E-state index in [1.807, 2.05) is 73.6 Å². The number of benzene rings is 1. The molecule has 2 rings (SSSR count). The minimum absolute atomic E-state index is 0.714. The molecule has 0 N–H and O–H groups in total. The Bertz CT molecular complexity index is 670. The zero-order chi connectivity index (χ0) is 26.0. The van der Waals surface area contributed by atoms with E-state index >= 15 is 4.39 Å². The van der Waals surface area contributed by atoms with Gasteiger partial charge < -0.3 is 0 Å². The Morgan fingerprint density at radius 3 is 1.78 bits per heavy atom. The predicted octanol–water partition coefficient (Wildman–Crippen LogP) is 10.5. The number of alkyl halides is 1. The molecule has 0 saturated carbocycles. The molecule has 0 heterocycles. The molecular formula is C29H52FNO. The second kappa shape index (κ2) is 18.8. The van der Waals surface area contributed by atoms with Crippen LogP contribution in [0.5, 0.6) is 0 Å². The van der Waals surface area contributed by atoms with E-state index in [1.165, 1.54) is 20.3 Å². The molecule has 32 heavy (non-hydrogen) atoms. The van der Waals surface area contributed by atoms with Gasteiger partial charge in [0.25, 0.3) is 0 Å². The normalized spacial score (nSPS) is 14.1. The van der Waals surface area contributed by atoms with Crippen LogP contribution in [0.25, 0.3) is 0 Å². The fraction of sp³-hybridized carbons (Fsp3) is 0.655. The molecule has 2 nitrogen and oxygen atoms in total. The van der Waals surface area contributed by atoms with Crippen LogP contribution in [0.3, 0.4) is 0 Å². The highest BCUT2D eigenvalue weighted by molar-refractivity contribution is 5.48. The van der Waals surface area contributed by atoms with Crippen molar-refractivity contribution < 1.29 is 4.39 Å². The standard InChI is InChI=1S/C19H26FNO.C3H8.C3H6.2C2H6/c1-13-11-15(3)17(12-14(13)2)19(21-22,18(4,5)20)16-9-7-6-8-10-16;2*1-3-2;2*1-2/h9,11-12H,6-8,10H2,1-5H3;3H2,1-2H3;3H,1H2,2H3;2*1-2H3. The molecule has 1 unspecified atom stereocenters. The Morgan fingerprint density at radius 1 is 1.00 bits per heavy atom. The van der Waals surface area contributed by atoms with Gasteiger partial charge in [-0.2, -0.15) is 0 Å². The van der Waals surface area contributed by atoms with Crippen LogP contribution in [0.4, 0.5) is 4.39 Å². The number of aryl methyl sites for hydroxylation is 3. The lowest BCUT2D eigenvalue weighted by Crippen LogP contribution is -2.45. The van der Waals surface area contributed by atoms with Crippen molar-refractivity contribution in [1.29, 1.82) is 0 Å². The van der Waals surface area contributed by atoms with Gasteiger partial charge in [0, 0.05) is 0 Å². The van der Waals surface area contributed by atoms with Gasteiger partial charge >= 0.3 is 0 Å². The van der Waals surface area contributed by atoms with E-state index in [-0.39, 0.29) is 0 Å². The highest BCUT2D eigenvalue weighted by Gasteiger charge is 2.52. The molecule has 1 aromatic carbocycles. The molecule has 0 fully saturated rings. The van der Waals surface area contributed by atoms with Gasteiger partial charge in [-0.3, -0.25) is 0 Å². The smallest absolute Gasteiger partial charge is 0.182 e. The van der Waals surface area contributed by atoms with Crippen molar-refractivity contribution in [1.82, 2.24) is 0 Å². The maximum absolute atomic E-state index is 15.3. The zero-order valence-corrected chi connectivity index (χ0v) is 23.3. The number of allylic oxidation sites excluding steroid dienone is 2. The lowest BCUT2D eigenvalue weighted by molar-refractivity contribution is 0.113. The van der Waals surface area contributed by atoms with Gasteiger partial charge in [-0.15, -0.1) is 11.5 Å². The number of hydrogen-bond acceptors (Lipinski definition) is 2. The minimum atomic E-state index is -1.75. The van der Waals surface area contributed by atoms with Crippen LogP contribution in [0.2, 0.25) is 0 Å². The van der Waals surface area contributed by atoms with E-state index in [4.69, 9.17) is 0 Å². The molecule has 0 spiro atoms. The average Bonchev–Trinajstić information content (AvgIpc) is 2.76. The topological polar surface area (TPSA) is 29.4 Å². The predicted molar refractivity (Wildman–Crippen MR) is 144 cm³/mol. The summed E-state index contributed by atoms with van der Waals surface area (Å²) in [7, 11) is 0. The van der Waals surface area contributed by atoms with Crippen molar-refractivity contribution >= 4 is 0 Å². The Hall–Kier alpha value is -1.77. The first kappa shape index (κ1) is 34.8. The first-order chi connectivity index (χ1) is 15.1. The summed E-state index contributed by atoms with van der Waals surface area (Å²) < 4.78 is 15.3. The molecule has 1 aliphatic carbocycles. The summed E-state index contributed by atoms with van der Waals surface area (Å²) in [5, 5.41) is 3.42. The Morgan fingerprint density at radius 2 is 1.44 bits per heavy atom. The third-order valence-corrected chi connectivity index (χ3v) is 4.98. The minimum Gasteiger partial charge on any atom is -0.241 e. The number of hydrogen-bond donors (Lipinski definition) is 0. The Labute approximate surface area is 199 Å². The summed E-state index contributed by atoms with van der Waals surface area (Å²) in [4.78, 5) is 12.0. The zero-order valence-electron chi connectivity index (χ0n) is 23.3. The van der Waals surface area contributed by atoms with Crippen molar-refractivity contribution in [3.05, 3.63) is 63.6 Å². The maximum Gasteiger partial charge on any atom is 0.182 e. The molecule has 0 saturated heterocycles. The summed E-state index contributed by atoms with van der Waals surface area (Å²) in [5.41, 5.74) is 1.53. The lowest BCUT2D eigenvalue weighted by Gasteiger charge is -2.40. The average molecular weight is 450 g/mol. The van der Waals surface area contributed by atoms with Gasteiger partial charge in [0.15, 0.2) is 5.54 Å². The second-order valence-electron chi connectivity index (χ2n) is 8.12.